The monoisotopic (exact) mass is 293 g/mol. The molecule has 116 valence electrons. The van der Waals surface area contributed by atoms with Crippen molar-refractivity contribution in [3.8, 4) is 0 Å². The highest BCUT2D eigenvalue weighted by atomic mass is 19.1. The summed E-state index contributed by atoms with van der Waals surface area (Å²) in [5.74, 6) is -0.802. The van der Waals surface area contributed by atoms with Crippen molar-refractivity contribution < 1.29 is 9.18 Å². The van der Waals surface area contributed by atoms with E-state index in [1.165, 1.54) is 18.2 Å². The van der Waals surface area contributed by atoms with Gasteiger partial charge in [-0.2, -0.15) is 0 Å². The molecule has 1 amide bonds. The highest BCUT2D eigenvalue weighted by molar-refractivity contribution is 5.95. The highest BCUT2D eigenvalue weighted by Gasteiger charge is 2.27. The molecule has 0 aromatic heterocycles. The summed E-state index contributed by atoms with van der Waals surface area (Å²) in [6.45, 7) is 6.30. The maximum absolute atomic E-state index is 13.8. The normalized spacial score (nSPS) is 17.2. The van der Waals surface area contributed by atoms with E-state index in [0.29, 0.717) is 11.7 Å². The minimum atomic E-state index is -0.513. The Kier molecular flexibility index (Phi) is 4.83. The molecule has 0 spiro atoms. The molecule has 0 saturated carbocycles. The molecule has 21 heavy (non-hydrogen) atoms. The average molecular weight is 293 g/mol. The molecular formula is C16H24FN3O. The van der Waals surface area contributed by atoms with Gasteiger partial charge in [-0.15, -0.1) is 0 Å². The Morgan fingerprint density at radius 1 is 1.38 bits per heavy atom. The van der Waals surface area contributed by atoms with Gasteiger partial charge in [0.1, 0.15) is 5.82 Å². The number of hydrogen-bond acceptors (Lipinski definition) is 3. The smallest absolute Gasteiger partial charge is 0.256 e. The number of nitrogen functional groups attached to an aromatic ring is 1. The van der Waals surface area contributed by atoms with Gasteiger partial charge in [-0.25, -0.2) is 4.39 Å². The van der Waals surface area contributed by atoms with E-state index in [4.69, 9.17) is 5.73 Å². The van der Waals surface area contributed by atoms with Crippen molar-refractivity contribution in [2.45, 2.75) is 38.8 Å². The van der Waals surface area contributed by atoms with Crippen LogP contribution in [-0.2, 0) is 0 Å². The van der Waals surface area contributed by atoms with Crippen molar-refractivity contribution in [1.29, 1.82) is 0 Å². The molecule has 0 atom stereocenters. The van der Waals surface area contributed by atoms with Crippen molar-refractivity contribution in [1.82, 2.24) is 9.80 Å². The van der Waals surface area contributed by atoms with Gasteiger partial charge in [0.2, 0.25) is 0 Å². The molecular weight excluding hydrogens is 269 g/mol. The number of nitrogens with two attached hydrogens (primary N) is 1. The molecule has 1 heterocycles. The van der Waals surface area contributed by atoms with Crippen LogP contribution in [0.5, 0.6) is 0 Å². The van der Waals surface area contributed by atoms with Gasteiger partial charge in [0.15, 0.2) is 0 Å². The quantitative estimate of drug-likeness (QED) is 0.870. The zero-order valence-corrected chi connectivity index (χ0v) is 13.0. The molecule has 1 aliphatic rings. The minimum absolute atomic E-state index is 0.0591. The summed E-state index contributed by atoms with van der Waals surface area (Å²) < 4.78 is 13.8. The van der Waals surface area contributed by atoms with Gasteiger partial charge in [0, 0.05) is 37.9 Å². The summed E-state index contributed by atoms with van der Waals surface area (Å²) in [6, 6.07) is 4.81. The summed E-state index contributed by atoms with van der Waals surface area (Å²) in [6.07, 6.45) is 1.84. The Morgan fingerprint density at radius 2 is 2.00 bits per heavy atom. The van der Waals surface area contributed by atoms with Crippen LogP contribution in [0.1, 0.15) is 37.0 Å². The van der Waals surface area contributed by atoms with Gasteiger partial charge in [-0.3, -0.25) is 4.79 Å². The second-order valence-corrected chi connectivity index (χ2v) is 6.02. The lowest BCUT2D eigenvalue weighted by Crippen LogP contribution is -2.47. The van der Waals surface area contributed by atoms with E-state index in [1.807, 2.05) is 0 Å². The van der Waals surface area contributed by atoms with Crippen LogP contribution in [0.2, 0.25) is 0 Å². The lowest BCUT2D eigenvalue weighted by Gasteiger charge is -2.38. The molecule has 1 fully saturated rings. The SMILES string of the molecule is CC(C)N1CCC(N(C)C(=O)c2cc(N)ccc2F)CC1. The largest absolute Gasteiger partial charge is 0.399 e. The van der Waals surface area contributed by atoms with Crippen molar-refractivity contribution >= 4 is 11.6 Å². The number of hydrogen-bond donors (Lipinski definition) is 1. The number of likely N-dealkylation sites (tertiary alicyclic amines) is 1. The standard InChI is InChI=1S/C16H24FN3O/c1-11(2)20-8-6-13(7-9-20)19(3)16(21)14-10-12(18)4-5-15(14)17/h4-5,10-11,13H,6-9,18H2,1-3H3. The maximum Gasteiger partial charge on any atom is 0.256 e. The van der Waals surface area contributed by atoms with Gasteiger partial charge >= 0.3 is 0 Å². The van der Waals surface area contributed by atoms with E-state index in [-0.39, 0.29) is 17.5 Å². The first-order chi connectivity index (χ1) is 9.90. The molecule has 2 N–H and O–H groups in total. The van der Waals surface area contributed by atoms with Crippen molar-refractivity contribution in [3.63, 3.8) is 0 Å². The average Bonchev–Trinajstić information content (AvgIpc) is 2.48. The maximum atomic E-state index is 13.8. The number of carbonyl (C=O) groups is 1. The van der Waals surface area contributed by atoms with E-state index in [0.717, 1.165) is 25.9 Å². The van der Waals surface area contributed by atoms with E-state index >= 15 is 0 Å². The van der Waals surface area contributed by atoms with Crippen LogP contribution >= 0.6 is 0 Å². The molecule has 4 nitrogen and oxygen atoms in total. The van der Waals surface area contributed by atoms with E-state index in [2.05, 4.69) is 18.7 Å². The number of amides is 1. The third-order valence-electron chi connectivity index (χ3n) is 4.32. The second-order valence-electron chi connectivity index (χ2n) is 6.02. The fourth-order valence-electron chi connectivity index (χ4n) is 2.85. The van der Waals surface area contributed by atoms with Gasteiger partial charge in [-0.1, -0.05) is 0 Å². The first-order valence-corrected chi connectivity index (χ1v) is 7.46. The van der Waals surface area contributed by atoms with Crippen LogP contribution in [0, 0.1) is 5.82 Å². The molecule has 2 rings (SSSR count). The number of benzene rings is 1. The summed E-state index contributed by atoms with van der Waals surface area (Å²) in [4.78, 5) is 16.5. The van der Waals surface area contributed by atoms with Crippen LogP contribution in [0.15, 0.2) is 18.2 Å². The fourth-order valence-corrected chi connectivity index (χ4v) is 2.85. The predicted octanol–water partition coefficient (Wildman–Crippen LogP) is 2.35. The van der Waals surface area contributed by atoms with Crippen molar-refractivity contribution in [2.75, 3.05) is 25.9 Å². The molecule has 1 aromatic carbocycles. The molecule has 0 unspecified atom stereocenters. The number of carbonyl (C=O) groups excluding carboxylic acids is 1. The van der Waals surface area contributed by atoms with E-state index in [1.54, 1.807) is 11.9 Å². The Labute approximate surface area is 125 Å². The minimum Gasteiger partial charge on any atom is -0.399 e. The zero-order chi connectivity index (χ0) is 15.6. The highest BCUT2D eigenvalue weighted by Crippen LogP contribution is 2.21. The van der Waals surface area contributed by atoms with Crippen LogP contribution in [0.25, 0.3) is 0 Å². The summed E-state index contributed by atoms with van der Waals surface area (Å²) >= 11 is 0. The Bertz CT molecular complexity index is 510. The second kappa shape index (κ2) is 6.43. The van der Waals surface area contributed by atoms with Gasteiger partial charge < -0.3 is 15.5 Å². The fraction of sp³-hybridized carbons (Fsp3) is 0.562. The molecule has 1 aromatic rings. The topological polar surface area (TPSA) is 49.6 Å². The third kappa shape index (κ3) is 3.53. The molecule has 1 saturated heterocycles. The molecule has 0 aliphatic carbocycles. The predicted molar refractivity (Wildman–Crippen MR) is 82.6 cm³/mol. The van der Waals surface area contributed by atoms with Crippen LogP contribution < -0.4 is 5.73 Å². The Balaban J connectivity index is 2.05. The summed E-state index contributed by atoms with van der Waals surface area (Å²) in [7, 11) is 1.75. The Morgan fingerprint density at radius 3 is 2.57 bits per heavy atom. The van der Waals surface area contributed by atoms with Crippen molar-refractivity contribution in [2.24, 2.45) is 0 Å². The van der Waals surface area contributed by atoms with Crippen LogP contribution in [-0.4, -0.2) is 47.9 Å². The first-order valence-electron chi connectivity index (χ1n) is 7.46. The number of rotatable bonds is 3. The summed E-state index contributed by atoms with van der Waals surface area (Å²) in [5, 5.41) is 0. The Hall–Kier alpha value is -1.62. The van der Waals surface area contributed by atoms with Gasteiger partial charge in [-0.05, 0) is 44.9 Å². The lowest BCUT2D eigenvalue weighted by molar-refractivity contribution is 0.0611. The first kappa shape index (κ1) is 15.8. The lowest BCUT2D eigenvalue weighted by atomic mass is 10.0. The molecule has 0 bridgehead atoms. The molecule has 1 aliphatic heterocycles. The number of anilines is 1. The van der Waals surface area contributed by atoms with E-state index in [9.17, 15) is 9.18 Å². The third-order valence-corrected chi connectivity index (χ3v) is 4.32. The molecule has 5 heteroatoms. The van der Waals surface area contributed by atoms with Crippen molar-refractivity contribution in [3.05, 3.63) is 29.6 Å². The van der Waals surface area contributed by atoms with Crippen LogP contribution in [0.3, 0.4) is 0 Å². The molecule has 0 radical (unpaired) electrons. The summed E-state index contributed by atoms with van der Waals surface area (Å²) in [5.41, 5.74) is 6.12. The van der Waals surface area contributed by atoms with Gasteiger partial charge in [0.05, 0.1) is 5.56 Å². The van der Waals surface area contributed by atoms with E-state index < -0.39 is 5.82 Å². The number of piperidine rings is 1. The van der Waals surface area contributed by atoms with Gasteiger partial charge in [0.25, 0.3) is 5.91 Å². The number of nitrogens with zero attached hydrogens (tertiary/aromatic N) is 2. The van der Waals surface area contributed by atoms with Crippen LogP contribution in [0.4, 0.5) is 10.1 Å². The number of halogens is 1. The zero-order valence-electron chi connectivity index (χ0n) is 13.0.